The van der Waals surface area contributed by atoms with Gasteiger partial charge in [0.05, 0.1) is 12.0 Å². The minimum atomic E-state index is -5.26. The van der Waals surface area contributed by atoms with Crippen LogP contribution in [0.1, 0.15) is 15.2 Å². The number of ether oxygens (including phenoxy) is 1. The van der Waals surface area contributed by atoms with Crippen LogP contribution >= 0.6 is 11.3 Å². The normalized spacial score (nSPS) is 13.8. The van der Waals surface area contributed by atoms with Crippen molar-refractivity contribution in [3.8, 4) is 0 Å². The Kier molecular flexibility index (Phi) is 5.19. The minimum absolute atomic E-state index is 0.302. The van der Waals surface area contributed by atoms with E-state index in [0.29, 0.717) is 10.6 Å². The maximum atomic E-state index is 13.2. The predicted octanol–water partition coefficient (Wildman–Crippen LogP) is 2.95. The Morgan fingerprint density at radius 2 is 1.76 bits per heavy atom. The van der Waals surface area contributed by atoms with Crippen molar-refractivity contribution in [2.45, 2.75) is 11.8 Å². The van der Waals surface area contributed by atoms with Crippen LogP contribution in [-0.4, -0.2) is 37.3 Å². The molecule has 134 valence electrons. The molecule has 2 aromatic rings. The maximum absolute atomic E-state index is 13.2. The maximum Gasteiger partial charge on any atom is 0.432 e. The van der Waals surface area contributed by atoms with Gasteiger partial charge in [-0.05, 0) is 23.6 Å². The van der Waals surface area contributed by atoms with Gasteiger partial charge >= 0.3 is 12.1 Å². The summed E-state index contributed by atoms with van der Waals surface area (Å²) in [6.45, 7) is 0. The molecule has 0 aliphatic heterocycles. The number of benzene rings is 1. The first-order valence-corrected chi connectivity index (χ1v) is 7.80. The highest BCUT2D eigenvalue weighted by molar-refractivity contribution is 7.12. The Morgan fingerprint density at radius 3 is 2.20 bits per heavy atom. The number of rotatable bonds is 4. The Bertz CT molecular complexity index is 759. The van der Waals surface area contributed by atoms with Gasteiger partial charge in [0.2, 0.25) is 0 Å². The van der Waals surface area contributed by atoms with Crippen LogP contribution in [0.3, 0.4) is 0 Å². The third-order valence-corrected chi connectivity index (χ3v) is 4.46. The molecule has 1 aromatic heterocycles. The summed E-state index contributed by atoms with van der Waals surface area (Å²) in [5.74, 6) is -2.17. The van der Waals surface area contributed by atoms with Crippen LogP contribution < -0.4 is 4.90 Å². The third-order valence-electron chi connectivity index (χ3n) is 3.60. The Balaban J connectivity index is 2.35. The second kappa shape index (κ2) is 6.85. The van der Waals surface area contributed by atoms with E-state index in [4.69, 9.17) is 0 Å². The van der Waals surface area contributed by atoms with Crippen molar-refractivity contribution in [1.82, 2.24) is 0 Å². The minimum Gasteiger partial charge on any atom is -0.466 e. The van der Waals surface area contributed by atoms with Crippen LogP contribution in [0.2, 0.25) is 0 Å². The highest BCUT2D eigenvalue weighted by Crippen LogP contribution is 2.40. The summed E-state index contributed by atoms with van der Waals surface area (Å²) < 4.78 is 43.6. The van der Waals surface area contributed by atoms with Crippen LogP contribution in [-0.2, 0) is 15.1 Å². The molecular weight excluding hydrogens is 359 g/mol. The van der Waals surface area contributed by atoms with Crippen molar-refractivity contribution in [3.63, 3.8) is 0 Å². The van der Waals surface area contributed by atoms with Gasteiger partial charge < -0.3 is 14.7 Å². The van der Waals surface area contributed by atoms with Gasteiger partial charge in [-0.25, -0.2) is 4.79 Å². The number of amides is 1. The largest absolute Gasteiger partial charge is 0.466 e. The van der Waals surface area contributed by atoms with Gasteiger partial charge in [0, 0.05) is 18.3 Å². The molecule has 0 saturated carbocycles. The van der Waals surface area contributed by atoms with Crippen molar-refractivity contribution in [2.75, 3.05) is 19.1 Å². The first-order chi connectivity index (χ1) is 11.6. The number of nitrogens with zero attached hydrogens (tertiary/aromatic N) is 1. The van der Waals surface area contributed by atoms with Crippen molar-refractivity contribution in [3.05, 3.63) is 52.2 Å². The molecule has 0 spiro atoms. The topological polar surface area (TPSA) is 66.8 Å². The van der Waals surface area contributed by atoms with Crippen molar-refractivity contribution in [1.29, 1.82) is 0 Å². The van der Waals surface area contributed by atoms with E-state index < -0.39 is 23.3 Å². The second-order valence-electron chi connectivity index (χ2n) is 5.09. The molecule has 5 nitrogen and oxygen atoms in total. The number of methoxy groups -OCH3 is 1. The predicted molar refractivity (Wildman–Crippen MR) is 85.5 cm³/mol. The fraction of sp³-hybridized carbons (Fsp3) is 0.250. The smallest absolute Gasteiger partial charge is 0.432 e. The van der Waals surface area contributed by atoms with E-state index in [0.717, 1.165) is 19.2 Å². The molecule has 9 heteroatoms. The molecule has 0 aliphatic carbocycles. The lowest BCUT2D eigenvalue weighted by molar-refractivity contribution is -0.266. The number of aliphatic hydroxyl groups is 1. The number of hydrogen-bond donors (Lipinski definition) is 1. The number of thiophene rings is 1. The van der Waals surface area contributed by atoms with E-state index in [1.165, 1.54) is 35.4 Å². The molecule has 0 saturated heterocycles. The van der Waals surface area contributed by atoms with Gasteiger partial charge in [-0.2, -0.15) is 13.2 Å². The van der Waals surface area contributed by atoms with Gasteiger partial charge in [0.1, 0.15) is 0 Å². The molecule has 1 aromatic carbocycles. The van der Waals surface area contributed by atoms with Crippen LogP contribution in [0.25, 0.3) is 0 Å². The van der Waals surface area contributed by atoms with Crippen molar-refractivity contribution < 1.29 is 32.6 Å². The summed E-state index contributed by atoms with van der Waals surface area (Å²) in [4.78, 5) is 25.5. The van der Waals surface area contributed by atoms with Crippen LogP contribution in [0.15, 0.2) is 41.8 Å². The number of alkyl halides is 3. The monoisotopic (exact) mass is 373 g/mol. The second-order valence-corrected chi connectivity index (χ2v) is 6.04. The highest BCUT2D eigenvalue weighted by atomic mass is 32.1. The Labute approximate surface area is 145 Å². The zero-order chi connectivity index (χ0) is 18.8. The average Bonchev–Trinajstić information content (AvgIpc) is 3.12. The van der Waals surface area contributed by atoms with Crippen LogP contribution in [0.4, 0.5) is 18.9 Å². The van der Waals surface area contributed by atoms with Gasteiger partial charge in [0.15, 0.2) is 0 Å². The molecule has 0 radical (unpaired) electrons. The summed E-state index contributed by atoms with van der Waals surface area (Å²) >= 11 is 1.23. The Hall–Kier alpha value is -2.39. The molecule has 1 amide bonds. The molecular formula is C16H14F3NO4S. The lowest BCUT2D eigenvalue weighted by Gasteiger charge is -2.28. The van der Waals surface area contributed by atoms with E-state index in [-0.39, 0.29) is 5.91 Å². The molecule has 0 bridgehead atoms. The molecule has 0 unspecified atom stereocenters. The summed E-state index contributed by atoms with van der Waals surface area (Å²) in [7, 11) is 2.22. The Morgan fingerprint density at radius 1 is 1.16 bits per heavy atom. The number of carbonyl (C=O) groups is 2. The number of anilines is 1. The highest BCUT2D eigenvalue weighted by Gasteiger charge is 2.62. The van der Waals surface area contributed by atoms with Gasteiger partial charge in [-0.3, -0.25) is 4.79 Å². The first kappa shape index (κ1) is 18.9. The summed E-state index contributed by atoms with van der Waals surface area (Å²) in [5.41, 5.74) is -4.18. The number of hydrogen-bond acceptors (Lipinski definition) is 5. The van der Waals surface area contributed by atoms with E-state index in [1.54, 1.807) is 17.5 Å². The standard InChI is InChI=1S/C16H14F3NO4S/c1-20(13(21)12-4-3-9-25-12)11-7-5-10(6-8-11)15(23,14(22)24-2)16(17,18)19/h3-9,23H,1-2H3/t15-/m0/s1. The number of halogens is 3. The number of esters is 1. The number of carbonyl (C=O) groups excluding carboxylic acids is 2. The zero-order valence-electron chi connectivity index (χ0n) is 13.2. The van der Waals surface area contributed by atoms with Crippen LogP contribution in [0.5, 0.6) is 0 Å². The summed E-state index contributed by atoms with van der Waals surface area (Å²) in [6.07, 6.45) is -5.26. The van der Waals surface area contributed by atoms with Crippen LogP contribution in [0, 0.1) is 0 Å². The third kappa shape index (κ3) is 3.38. The van der Waals surface area contributed by atoms with Crippen molar-refractivity contribution in [2.24, 2.45) is 0 Å². The molecule has 0 aliphatic rings. The molecule has 0 fully saturated rings. The first-order valence-electron chi connectivity index (χ1n) is 6.92. The quantitative estimate of drug-likeness (QED) is 0.837. The summed E-state index contributed by atoms with van der Waals surface area (Å²) in [6, 6.07) is 7.60. The molecule has 1 N–H and O–H groups in total. The average molecular weight is 373 g/mol. The molecule has 2 rings (SSSR count). The molecule has 25 heavy (non-hydrogen) atoms. The van der Waals surface area contributed by atoms with E-state index in [1.807, 2.05) is 0 Å². The van der Waals surface area contributed by atoms with E-state index in [9.17, 15) is 27.9 Å². The lowest BCUT2D eigenvalue weighted by Crippen LogP contribution is -2.49. The van der Waals surface area contributed by atoms with Crippen molar-refractivity contribution >= 4 is 28.9 Å². The summed E-state index contributed by atoms with van der Waals surface area (Å²) in [5, 5.41) is 11.6. The van der Waals surface area contributed by atoms with Gasteiger partial charge in [-0.1, -0.05) is 18.2 Å². The zero-order valence-corrected chi connectivity index (χ0v) is 14.0. The lowest BCUT2D eigenvalue weighted by atomic mass is 9.93. The molecule has 1 heterocycles. The van der Waals surface area contributed by atoms with Gasteiger partial charge in [-0.15, -0.1) is 11.3 Å². The SMILES string of the molecule is COC(=O)[C@@](O)(c1ccc(N(C)C(=O)c2cccs2)cc1)C(F)(F)F. The fourth-order valence-corrected chi connectivity index (χ4v) is 2.85. The van der Waals surface area contributed by atoms with Gasteiger partial charge in [0.25, 0.3) is 11.5 Å². The van der Waals surface area contributed by atoms with E-state index in [2.05, 4.69) is 4.74 Å². The van der Waals surface area contributed by atoms with E-state index >= 15 is 0 Å². The fourth-order valence-electron chi connectivity index (χ4n) is 2.15. The molecule has 1 atom stereocenters.